The number of hydrogen-bond donors (Lipinski definition) is 0. The van der Waals surface area contributed by atoms with Gasteiger partial charge in [0, 0.05) is 18.8 Å². The molecule has 0 spiro atoms. The summed E-state index contributed by atoms with van der Waals surface area (Å²) in [5, 5.41) is 5.44. The van der Waals surface area contributed by atoms with Crippen molar-refractivity contribution in [1.29, 1.82) is 0 Å². The summed E-state index contributed by atoms with van der Waals surface area (Å²) < 4.78 is 1.66. The fraction of sp³-hybridized carbons (Fsp3) is 0.200. The number of carbonyl (C=O) groups excluding carboxylic acids is 1. The second-order valence-corrected chi connectivity index (χ2v) is 4.19. The first-order chi connectivity index (χ1) is 7.66. The highest BCUT2D eigenvalue weighted by atomic mass is 32.2. The SMILES string of the molecule is CC(=O)c1ccnc(Sc2ncnn2C)c1. The van der Waals surface area contributed by atoms with E-state index in [0.29, 0.717) is 5.56 Å². The van der Waals surface area contributed by atoms with Crippen LogP contribution < -0.4 is 0 Å². The van der Waals surface area contributed by atoms with Crippen molar-refractivity contribution in [2.45, 2.75) is 17.1 Å². The van der Waals surface area contributed by atoms with Gasteiger partial charge in [0.05, 0.1) is 0 Å². The van der Waals surface area contributed by atoms with Gasteiger partial charge in [-0.25, -0.2) is 14.6 Å². The lowest BCUT2D eigenvalue weighted by Crippen LogP contribution is -1.95. The van der Waals surface area contributed by atoms with E-state index in [0.717, 1.165) is 10.2 Å². The van der Waals surface area contributed by atoms with Gasteiger partial charge in [-0.1, -0.05) is 0 Å². The van der Waals surface area contributed by atoms with Crippen molar-refractivity contribution in [3.05, 3.63) is 30.2 Å². The molecule has 82 valence electrons. The van der Waals surface area contributed by atoms with Crippen molar-refractivity contribution < 1.29 is 4.79 Å². The van der Waals surface area contributed by atoms with Gasteiger partial charge in [-0.3, -0.25) is 4.79 Å². The minimum absolute atomic E-state index is 0.0298. The number of aryl methyl sites for hydroxylation is 1. The molecule has 0 fully saturated rings. The highest BCUT2D eigenvalue weighted by Gasteiger charge is 2.06. The molecule has 0 atom stereocenters. The standard InChI is InChI=1S/C10H10N4OS/c1-7(15)8-3-4-11-9(5-8)16-10-12-6-13-14(10)2/h3-6H,1-2H3. The Hall–Kier alpha value is -1.69. The van der Waals surface area contributed by atoms with Crippen LogP contribution in [0, 0.1) is 0 Å². The van der Waals surface area contributed by atoms with Crippen molar-refractivity contribution in [3.8, 4) is 0 Å². The van der Waals surface area contributed by atoms with Gasteiger partial charge in [0.2, 0.25) is 0 Å². The number of nitrogens with zero attached hydrogens (tertiary/aromatic N) is 4. The average Bonchev–Trinajstić information content (AvgIpc) is 2.65. The van der Waals surface area contributed by atoms with Crippen LogP contribution in [0.5, 0.6) is 0 Å². The maximum absolute atomic E-state index is 11.2. The smallest absolute Gasteiger partial charge is 0.192 e. The summed E-state index contributed by atoms with van der Waals surface area (Å²) in [5.41, 5.74) is 0.652. The van der Waals surface area contributed by atoms with E-state index in [-0.39, 0.29) is 5.78 Å². The lowest BCUT2D eigenvalue weighted by atomic mass is 10.2. The molecule has 0 radical (unpaired) electrons. The van der Waals surface area contributed by atoms with Crippen molar-refractivity contribution >= 4 is 17.5 Å². The van der Waals surface area contributed by atoms with E-state index in [2.05, 4.69) is 15.1 Å². The Labute approximate surface area is 96.9 Å². The van der Waals surface area contributed by atoms with E-state index in [1.165, 1.54) is 25.0 Å². The van der Waals surface area contributed by atoms with E-state index in [4.69, 9.17) is 0 Å². The van der Waals surface area contributed by atoms with Gasteiger partial charge in [0.25, 0.3) is 0 Å². The van der Waals surface area contributed by atoms with Crippen molar-refractivity contribution in [2.24, 2.45) is 7.05 Å². The molecule has 2 heterocycles. The zero-order valence-electron chi connectivity index (χ0n) is 8.91. The summed E-state index contributed by atoms with van der Waals surface area (Å²) >= 11 is 1.38. The van der Waals surface area contributed by atoms with E-state index < -0.39 is 0 Å². The van der Waals surface area contributed by atoms with Crippen LogP contribution in [0.1, 0.15) is 17.3 Å². The minimum Gasteiger partial charge on any atom is -0.295 e. The highest BCUT2D eigenvalue weighted by Crippen LogP contribution is 2.23. The molecule has 0 amide bonds. The third-order valence-corrected chi connectivity index (χ3v) is 2.99. The molecule has 0 aliphatic carbocycles. The Morgan fingerprint density at radius 3 is 2.88 bits per heavy atom. The maximum atomic E-state index is 11.2. The number of pyridine rings is 1. The number of carbonyl (C=O) groups is 1. The van der Waals surface area contributed by atoms with E-state index in [9.17, 15) is 4.79 Å². The molecule has 0 bridgehead atoms. The molecule has 0 saturated carbocycles. The molecule has 16 heavy (non-hydrogen) atoms. The van der Waals surface area contributed by atoms with E-state index in [1.54, 1.807) is 23.0 Å². The van der Waals surface area contributed by atoms with Crippen molar-refractivity contribution in [2.75, 3.05) is 0 Å². The Morgan fingerprint density at radius 2 is 2.25 bits per heavy atom. The number of rotatable bonds is 3. The molecule has 0 aromatic carbocycles. The molecule has 5 nitrogen and oxygen atoms in total. The predicted octanol–water partition coefficient (Wildman–Crippen LogP) is 1.56. The molecule has 2 aromatic heterocycles. The average molecular weight is 234 g/mol. The van der Waals surface area contributed by atoms with Crippen LogP contribution in [0.25, 0.3) is 0 Å². The Bertz CT molecular complexity index is 523. The van der Waals surface area contributed by atoms with E-state index >= 15 is 0 Å². The maximum Gasteiger partial charge on any atom is 0.192 e. The first-order valence-corrected chi connectivity index (χ1v) is 5.47. The summed E-state index contributed by atoms with van der Waals surface area (Å²) in [7, 11) is 1.81. The van der Waals surface area contributed by atoms with Gasteiger partial charge in [-0.05, 0) is 30.8 Å². The zero-order valence-corrected chi connectivity index (χ0v) is 9.73. The Balaban J connectivity index is 2.25. The van der Waals surface area contributed by atoms with Crippen LogP contribution in [0.4, 0.5) is 0 Å². The fourth-order valence-electron chi connectivity index (χ4n) is 1.16. The molecular formula is C10H10N4OS. The van der Waals surface area contributed by atoms with Crippen LogP contribution in [0.3, 0.4) is 0 Å². The van der Waals surface area contributed by atoms with Crippen molar-refractivity contribution in [1.82, 2.24) is 19.7 Å². The largest absolute Gasteiger partial charge is 0.295 e. The first kappa shape index (κ1) is 10.8. The van der Waals surface area contributed by atoms with Crippen LogP contribution in [0.15, 0.2) is 34.8 Å². The van der Waals surface area contributed by atoms with Crippen LogP contribution in [0.2, 0.25) is 0 Å². The minimum atomic E-state index is 0.0298. The summed E-state index contributed by atoms with van der Waals surface area (Å²) in [6.07, 6.45) is 3.10. The summed E-state index contributed by atoms with van der Waals surface area (Å²) in [6.45, 7) is 1.53. The summed E-state index contributed by atoms with van der Waals surface area (Å²) in [5.74, 6) is 0.0298. The molecule has 0 aliphatic heterocycles. The molecule has 6 heteroatoms. The number of hydrogen-bond acceptors (Lipinski definition) is 5. The first-order valence-electron chi connectivity index (χ1n) is 4.65. The predicted molar refractivity (Wildman–Crippen MR) is 59.4 cm³/mol. The van der Waals surface area contributed by atoms with Crippen LogP contribution >= 0.6 is 11.8 Å². The fourth-order valence-corrected chi connectivity index (χ4v) is 1.92. The van der Waals surface area contributed by atoms with Crippen LogP contribution in [-0.4, -0.2) is 25.5 Å². The van der Waals surface area contributed by atoms with Gasteiger partial charge in [-0.2, -0.15) is 5.10 Å². The lowest BCUT2D eigenvalue weighted by molar-refractivity contribution is 0.101. The number of ketones is 1. The molecule has 2 aromatic rings. The topological polar surface area (TPSA) is 60.7 Å². The third kappa shape index (κ3) is 2.27. The second kappa shape index (κ2) is 4.44. The monoisotopic (exact) mass is 234 g/mol. The number of Topliss-reactive ketones (excluding diaryl/α,β-unsaturated/α-hetero) is 1. The quantitative estimate of drug-likeness (QED) is 0.754. The molecule has 0 saturated heterocycles. The van der Waals surface area contributed by atoms with Crippen molar-refractivity contribution in [3.63, 3.8) is 0 Å². The molecule has 0 aliphatic rings. The molecule has 0 unspecified atom stereocenters. The van der Waals surface area contributed by atoms with Gasteiger partial charge in [0.1, 0.15) is 11.4 Å². The van der Waals surface area contributed by atoms with Crippen LogP contribution in [-0.2, 0) is 7.05 Å². The molecule has 0 N–H and O–H groups in total. The molecular weight excluding hydrogens is 224 g/mol. The second-order valence-electron chi connectivity index (χ2n) is 3.21. The normalized spacial score (nSPS) is 10.4. The highest BCUT2D eigenvalue weighted by molar-refractivity contribution is 7.99. The molecule has 2 rings (SSSR count). The van der Waals surface area contributed by atoms with Gasteiger partial charge >= 0.3 is 0 Å². The number of aromatic nitrogens is 4. The summed E-state index contributed by atoms with van der Waals surface area (Å²) in [6, 6.07) is 3.45. The van der Waals surface area contributed by atoms with E-state index in [1.807, 2.05) is 7.05 Å². The third-order valence-electron chi connectivity index (χ3n) is 2.01. The Kier molecular flexibility index (Phi) is 3.00. The van der Waals surface area contributed by atoms with Gasteiger partial charge in [0.15, 0.2) is 10.9 Å². The van der Waals surface area contributed by atoms with Gasteiger partial charge in [-0.15, -0.1) is 0 Å². The lowest BCUT2D eigenvalue weighted by Gasteiger charge is -2.01. The summed E-state index contributed by atoms with van der Waals surface area (Å²) in [4.78, 5) is 19.4. The van der Waals surface area contributed by atoms with Gasteiger partial charge < -0.3 is 0 Å². The zero-order chi connectivity index (χ0) is 11.5. The Morgan fingerprint density at radius 1 is 1.44 bits per heavy atom.